The Balaban J connectivity index is 3.27. The van der Waals surface area contributed by atoms with Gasteiger partial charge in [0.15, 0.2) is 0 Å². The molecule has 0 aliphatic rings. The fraction of sp³-hybridized carbons (Fsp3) is 0.429. The largest absolute Gasteiger partial charge is 0.467 e. The summed E-state index contributed by atoms with van der Waals surface area (Å²) < 4.78 is 80.8. The van der Waals surface area contributed by atoms with Crippen LogP contribution in [0.4, 0.5) is 26.3 Å². The summed E-state index contributed by atoms with van der Waals surface area (Å²) in [5.74, 6) is -2.11. The summed E-state index contributed by atoms with van der Waals surface area (Å²) in [5.41, 5.74) is -4.10. The van der Waals surface area contributed by atoms with E-state index < -0.39 is 47.0 Å². The number of rotatable bonds is 4. The van der Waals surface area contributed by atoms with Gasteiger partial charge in [-0.1, -0.05) is 6.92 Å². The third-order valence-corrected chi connectivity index (χ3v) is 3.05. The van der Waals surface area contributed by atoms with Crippen LogP contribution in [0.3, 0.4) is 0 Å². The average Bonchev–Trinajstić information content (AvgIpc) is 2.49. The molecule has 0 aliphatic carbocycles. The van der Waals surface area contributed by atoms with Crippen LogP contribution in [-0.2, 0) is 21.9 Å². The molecule has 0 fully saturated rings. The van der Waals surface area contributed by atoms with Crippen LogP contribution < -0.4 is 5.32 Å². The number of alkyl halides is 6. The molecule has 0 unspecified atom stereocenters. The van der Waals surface area contributed by atoms with E-state index in [0.717, 1.165) is 7.11 Å². The van der Waals surface area contributed by atoms with Crippen LogP contribution >= 0.6 is 0 Å². The monoisotopic (exact) mass is 357 g/mol. The number of hydrogen-bond donors (Lipinski definition) is 1. The van der Waals surface area contributed by atoms with Crippen LogP contribution in [0.5, 0.6) is 0 Å². The number of methoxy groups -OCH3 is 1. The zero-order valence-corrected chi connectivity index (χ0v) is 12.5. The molecule has 4 nitrogen and oxygen atoms in total. The summed E-state index contributed by atoms with van der Waals surface area (Å²) in [6.45, 7) is 1.48. The Labute approximate surface area is 132 Å². The van der Waals surface area contributed by atoms with Gasteiger partial charge in [0.25, 0.3) is 5.91 Å². The van der Waals surface area contributed by atoms with E-state index in [1.165, 1.54) is 6.92 Å². The molecule has 1 aromatic rings. The van der Waals surface area contributed by atoms with Gasteiger partial charge in [-0.25, -0.2) is 4.79 Å². The van der Waals surface area contributed by atoms with Gasteiger partial charge in [-0.05, 0) is 24.6 Å². The predicted octanol–water partition coefficient (Wildman–Crippen LogP) is 3.41. The standard InChI is InChI=1S/C14H13F6NO3/c1-3-10(12(23)24-2)21-11(22)7-4-8(13(15,16)17)6-9(5-7)14(18,19)20/h4-6,10H,3H2,1-2H3,(H,21,22)/t10-/m1/s1. The van der Waals surface area contributed by atoms with E-state index in [1.807, 2.05) is 5.32 Å². The van der Waals surface area contributed by atoms with Crippen molar-refractivity contribution in [3.8, 4) is 0 Å². The number of nitrogens with one attached hydrogen (secondary N) is 1. The summed E-state index contributed by atoms with van der Waals surface area (Å²) in [5, 5.41) is 2.04. The Morgan fingerprint density at radius 2 is 1.50 bits per heavy atom. The molecule has 24 heavy (non-hydrogen) atoms. The van der Waals surface area contributed by atoms with Crippen molar-refractivity contribution in [3.05, 3.63) is 34.9 Å². The maximum Gasteiger partial charge on any atom is 0.416 e. The van der Waals surface area contributed by atoms with Crippen LogP contribution in [0, 0.1) is 0 Å². The molecule has 0 heterocycles. The fourth-order valence-corrected chi connectivity index (χ4v) is 1.80. The Kier molecular flexibility index (Phi) is 5.85. The van der Waals surface area contributed by atoms with Crippen molar-refractivity contribution in [1.82, 2.24) is 5.32 Å². The van der Waals surface area contributed by atoms with Gasteiger partial charge < -0.3 is 10.1 Å². The molecule has 134 valence electrons. The Hall–Kier alpha value is -2.26. The maximum absolute atomic E-state index is 12.7. The van der Waals surface area contributed by atoms with E-state index >= 15 is 0 Å². The summed E-state index contributed by atoms with van der Waals surface area (Å²) in [6.07, 6.45) is -10.1. The lowest BCUT2D eigenvalue weighted by Gasteiger charge is -2.17. The number of carbonyl (C=O) groups excluding carboxylic acids is 2. The molecule has 0 aliphatic heterocycles. The van der Waals surface area contributed by atoms with Gasteiger partial charge in [0.2, 0.25) is 0 Å². The Morgan fingerprint density at radius 1 is 1.04 bits per heavy atom. The molecule has 10 heteroatoms. The first-order chi connectivity index (χ1) is 10.9. The number of ether oxygens (including phenoxy) is 1. The van der Waals surface area contributed by atoms with Gasteiger partial charge >= 0.3 is 18.3 Å². The first-order valence-electron chi connectivity index (χ1n) is 6.58. The molecule has 1 rings (SSSR count). The van der Waals surface area contributed by atoms with E-state index in [2.05, 4.69) is 4.74 Å². The summed E-state index contributed by atoms with van der Waals surface area (Å²) in [7, 11) is 1.03. The Bertz CT molecular complexity index is 592. The lowest BCUT2D eigenvalue weighted by molar-refractivity contribution is -0.144. The molecule has 0 bridgehead atoms. The summed E-state index contributed by atoms with van der Waals surface area (Å²) in [6, 6.07) is -0.705. The SMILES string of the molecule is CC[C@@H](NC(=O)c1cc(C(F)(F)F)cc(C(F)(F)F)c1)C(=O)OC. The minimum absolute atomic E-state index is 0.0451. The number of esters is 1. The van der Waals surface area contributed by atoms with Crippen molar-refractivity contribution < 1.29 is 40.7 Å². The third kappa shape index (κ3) is 4.87. The van der Waals surface area contributed by atoms with Crippen molar-refractivity contribution in [2.45, 2.75) is 31.7 Å². The van der Waals surface area contributed by atoms with E-state index in [-0.39, 0.29) is 24.6 Å². The molecular weight excluding hydrogens is 344 g/mol. The highest BCUT2D eigenvalue weighted by Crippen LogP contribution is 2.36. The van der Waals surface area contributed by atoms with Gasteiger partial charge in [0, 0.05) is 5.56 Å². The van der Waals surface area contributed by atoms with E-state index in [4.69, 9.17) is 0 Å². The van der Waals surface area contributed by atoms with Crippen molar-refractivity contribution in [2.75, 3.05) is 7.11 Å². The van der Waals surface area contributed by atoms with Crippen molar-refractivity contribution >= 4 is 11.9 Å². The van der Waals surface area contributed by atoms with Crippen molar-refractivity contribution in [2.24, 2.45) is 0 Å². The fourth-order valence-electron chi connectivity index (χ4n) is 1.80. The summed E-state index contributed by atoms with van der Waals surface area (Å²) >= 11 is 0. The maximum atomic E-state index is 12.7. The van der Waals surface area contributed by atoms with Gasteiger partial charge in [-0.2, -0.15) is 26.3 Å². The molecular formula is C14H13F6NO3. The normalized spacial score (nSPS) is 13.3. The second kappa shape index (κ2) is 7.10. The van der Waals surface area contributed by atoms with Crippen LogP contribution in [-0.4, -0.2) is 25.0 Å². The zero-order chi connectivity index (χ0) is 18.7. The van der Waals surface area contributed by atoms with Gasteiger partial charge in [-0.15, -0.1) is 0 Å². The second-order valence-corrected chi connectivity index (χ2v) is 4.75. The van der Waals surface area contributed by atoms with Gasteiger partial charge in [0.1, 0.15) is 6.04 Å². The smallest absolute Gasteiger partial charge is 0.416 e. The second-order valence-electron chi connectivity index (χ2n) is 4.75. The highest BCUT2D eigenvalue weighted by atomic mass is 19.4. The minimum atomic E-state index is -5.07. The topological polar surface area (TPSA) is 55.4 Å². The zero-order valence-electron chi connectivity index (χ0n) is 12.5. The molecule has 0 saturated carbocycles. The first-order valence-corrected chi connectivity index (χ1v) is 6.58. The lowest BCUT2D eigenvalue weighted by atomic mass is 10.0. The number of halogens is 6. The highest BCUT2D eigenvalue weighted by Gasteiger charge is 2.37. The summed E-state index contributed by atoms with van der Waals surface area (Å²) in [4.78, 5) is 23.3. The molecule has 1 amide bonds. The molecule has 0 saturated heterocycles. The number of carbonyl (C=O) groups is 2. The van der Waals surface area contributed by atoms with Crippen LogP contribution in [0.1, 0.15) is 34.8 Å². The third-order valence-electron chi connectivity index (χ3n) is 3.05. The minimum Gasteiger partial charge on any atom is -0.467 e. The Morgan fingerprint density at radius 3 is 1.83 bits per heavy atom. The molecule has 0 radical (unpaired) electrons. The van der Waals surface area contributed by atoms with E-state index in [9.17, 15) is 35.9 Å². The van der Waals surface area contributed by atoms with Crippen LogP contribution in [0.25, 0.3) is 0 Å². The van der Waals surface area contributed by atoms with Crippen LogP contribution in [0.2, 0.25) is 0 Å². The molecule has 0 aromatic heterocycles. The van der Waals surface area contributed by atoms with Gasteiger partial charge in [-0.3, -0.25) is 4.79 Å². The number of amides is 1. The predicted molar refractivity (Wildman–Crippen MR) is 70.0 cm³/mol. The molecule has 1 N–H and O–H groups in total. The highest BCUT2D eigenvalue weighted by molar-refractivity contribution is 5.97. The number of hydrogen-bond acceptors (Lipinski definition) is 3. The quantitative estimate of drug-likeness (QED) is 0.664. The van der Waals surface area contributed by atoms with E-state index in [0.29, 0.717) is 0 Å². The van der Waals surface area contributed by atoms with Gasteiger partial charge in [0.05, 0.1) is 18.2 Å². The van der Waals surface area contributed by atoms with Crippen molar-refractivity contribution in [1.29, 1.82) is 0 Å². The van der Waals surface area contributed by atoms with Crippen LogP contribution in [0.15, 0.2) is 18.2 Å². The molecule has 1 atom stereocenters. The number of benzene rings is 1. The lowest BCUT2D eigenvalue weighted by Crippen LogP contribution is -2.41. The van der Waals surface area contributed by atoms with E-state index in [1.54, 1.807) is 0 Å². The molecule has 0 spiro atoms. The molecule has 1 aromatic carbocycles. The average molecular weight is 357 g/mol. The first kappa shape index (κ1) is 19.8. The van der Waals surface area contributed by atoms with Crippen molar-refractivity contribution in [3.63, 3.8) is 0 Å².